The van der Waals surface area contributed by atoms with E-state index in [1.165, 1.54) is 16.6 Å². The summed E-state index contributed by atoms with van der Waals surface area (Å²) in [6, 6.07) is 7.90. The van der Waals surface area contributed by atoms with Gasteiger partial charge >= 0.3 is 0 Å². The molecule has 26 heavy (non-hydrogen) atoms. The van der Waals surface area contributed by atoms with Crippen LogP contribution in [0.15, 0.2) is 33.5 Å². The third-order valence-electron chi connectivity index (χ3n) is 4.08. The van der Waals surface area contributed by atoms with E-state index in [2.05, 4.69) is 37.4 Å². The molecule has 0 aliphatic rings. The summed E-state index contributed by atoms with van der Waals surface area (Å²) in [5.74, 6) is -0.0323. The van der Waals surface area contributed by atoms with Crippen molar-refractivity contribution in [2.75, 3.05) is 5.32 Å². The Morgan fingerprint density at radius 3 is 2.88 bits per heavy atom. The number of H-pyrrole nitrogens is 1. The molecule has 3 aromatic rings. The number of aromatic amines is 1. The first kappa shape index (κ1) is 18.1. The average molecular weight is 418 g/mol. The summed E-state index contributed by atoms with van der Waals surface area (Å²) >= 11 is 3.23. The number of hydrogen-bond acceptors (Lipinski definition) is 4. The van der Waals surface area contributed by atoms with Gasteiger partial charge in [-0.2, -0.15) is 9.78 Å². The van der Waals surface area contributed by atoms with Crippen LogP contribution in [0.25, 0.3) is 5.65 Å². The molecule has 1 atom stereocenters. The third kappa shape index (κ3) is 3.35. The number of hydrogen-bond donors (Lipinski definition) is 2. The number of halogens is 2. The van der Waals surface area contributed by atoms with Crippen molar-refractivity contribution in [1.29, 1.82) is 5.26 Å². The largest absolute Gasteiger partial charge is 0.363 e. The molecule has 0 saturated heterocycles. The van der Waals surface area contributed by atoms with Crippen LogP contribution in [0.1, 0.15) is 43.1 Å². The lowest BCUT2D eigenvalue weighted by molar-refractivity contribution is 0.599. The van der Waals surface area contributed by atoms with E-state index in [4.69, 9.17) is 0 Å². The average Bonchev–Trinajstić information content (AvgIpc) is 2.92. The van der Waals surface area contributed by atoms with Gasteiger partial charge in [0.05, 0.1) is 6.04 Å². The van der Waals surface area contributed by atoms with Crippen LogP contribution in [0.2, 0.25) is 0 Å². The van der Waals surface area contributed by atoms with E-state index in [-0.39, 0.29) is 22.6 Å². The first-order valence-corrected chi connectivity index (χ1v) is 9.00. The lowest BCUT2D eigenvalue weighted by Crippen LogP contribution is -2.16. The van der Waals surface area contributed by atoms with Gasteiger partial charge in [0.15, 0.2) is 5.65 Å². The van der Waals surface area contributed by atoms with Gasteiger partial charge in [-0.05, 0) is 25.5 Å². The second kappa shape index (κ2) is 7.30. The zero-order valence-electron chi connectivity index (χ0n) is 14.3. The van der Waals surface area contributed by atoms with Crippen LogP contribution in [-0.4, -0.2) is 14.6 Å². The van der Waals surface area contributed by atoms with Gasteiger partial charge in [-0.3, -0.25) is 9.89 Å². The van der Waals surface area contributed by atoms with E-state index >= 15 is 0 Å². The normalized spacial score (nSPS) is 12.1. The third-order valence-corrected chi connectivity index (χ3v) is 4.57. The molecular formula is C18H17BrFN5O. The van der Waals surface area contributed by atoms with Gasteiger partial charge < -0.3 is 5.32 Å². The predicted octanol–water partition coefficient (Wildman–Crippen LogP) is 3.92. The number of benzene rings is 1. The second-order valence-electron chi connectivity index (χ2n) is 6.00. The molecule has 6 nitrogen and oxygen atoms in total. The molecule has 0 saturated carbocycles. The highest BCUT2D eigenvalue weighted by Gasteiger charge is 2.18. The predicted molar refractivity (Wildman–Crippen MR) is 101 cm³/mol. The van der Waals surface area contributed by atoms with Gasteiger partial charge in [0.1, 0.15) is 23.3 Å². The highest BCUT2D eigenvalue weighted by atomic mass is 79.9. The van der Waals surface area contributed by atoms with Crippen LogP contribution >= 0.6 is 15.9 Å². The second-order valence-corrected chi connectivity index (χ2v) is 6.92. The summed E-state index contributed by atoms with van der Waals surface area (Å²) in [5.41, 5.74) is 1.30. The fourth-order valence-corrected chi connectivity index (χ4v) is 3.16. The van der Waals surface area contributed by atoms with E-state index in [9.17, 15) is 14.4 Å². The number of nitriles is 1. The Labute approximate surface area is 157 Å². The van der Waals surface area contributed by atoms with E-state index in [0.29, 0.717) is 28.0 Å². The maximum absolute atomic E-state index is 14.2. The summed E-state index contributed by atoms with van der Waals surface area (Å²) in [6.07, 6.45) is 1.50. The van der Waals surface area contributed by atoms with Crippen molar-refractivity contribution in [2.45, 2.75) is 32.7 Å². The number of anilines is 1. The van der Waals surface area contributed by atoms with Crippen molar-refractivity contribution in [3.8, 4) is 6.07 Å². The topological polar surface area (TPSA) is 86.0 Å². The van der Waals surface area contributed by atoms with Gasteiger partial charge in [0.2, 0.25) is 0 Å². The van der Waals surface area contributed by atoms with Crippen LogP contribution in [0, 0.1) is 17.1 Å². The Bertz CT molecular complexity index is 1070. The Morgan fingerprint density at radius 2 is 2.23 bits per heavy atom. The molecule has 2 heterocycles. The number of aryl methyl sites for hydroxylation is 1. The molecule has 0 unspecified atom stereocenters. The molecule has 0 radical (unpaired) electrons. The summed E-state index contributed by atoms with van der Waals surface area (Å²) in [4.78, 5) is 16.7. The van der Waals surface area contributed by atoms with Gasteiger partial charge in [0.25, 0.3) is 5.56 Å². The summed E-state index contributed by atoms with van der Waals surface area (Å²) in [7, 11) is 0. The van der Waals surface area contributed by atoms with Crippen molar-refractivity contribution in [3.63, 3.8) is 0 Å². The summed E-state index contributed by atoms with van der Waals surface area (Å²) in [6.45, 7) is 3.77. The molecule has 0 fully saturated rings. The minimum Gasteiger partial charge on any atom is -0.363 e. The molecule has 0 aliphatic heterocycles. The molecule has 0 spiro atoms. The zero-order valence-corrected chi connectivity index (χ0v) is 15.9. The maximum Gasteiger partial charge on any atom is 0.272 e. The van der Waals surface area contributed by atoms with Gasteiger partial charge in [-0.1, -0.05) is 35.3 Å². The smallest absolute Gasteiger partial charge is 0.272 e. The molecule has 1 aromatic carbocycles. The number of nitrogens with zero attached hydrogens (tertiary/aromatic N) is 3. The highest BCUT2D eigenvalue weighted by Crippen LogP contribution is 2.26. The van der Waals surface area contributed by atoms with Gasteiger partial charge in [0, 0.05) is 21.8 Å². The molecule has 0 aliphatic carbocycles. The van der Waals surface area contributed by atoms with E-state index < -0.39 is 6.04 Å². The van der Waals surface area contributed by atoms with Crippen molar-refractivity contribution in [3.05, 3.63) is 61.7 Å². The van der Waals surface area contributed by atoms with E-state index in [1.54, 1.807) is 19.1 Å². The van der Waals surface area contributed by atoms with Crippen LogP contribution in [0.3, 0.4) is 0 Å². The zero-order chi connectivity index (χ0) is 18.8. The Balaban J connectivity index is 2.03. The fourth-order valence-electron chi connectivity index (χ4n) is 2.83. The molecule has 2 aromatic heterocycles. The molecule has 3 rings (SSSR count). The molecule has 134 valence electrons. The van der Waals surface area contributed by atoms with Crippen LogP contribution in [0.5, 0.6) is 0 Å². The summed E-state index contributed by atoms with van der Waals surface area (Å²) < 4.78 is 16.1. The molecule has 0 bridgehead atoms. The summed E-state index contributed by atoms with van der Waals surface area (Å²) in [5, 5.41) is 15.5. The quantitative estimate of drug-likeness (QED) is 0.658. The van der Waals surface area contributed by atoms with E-state index in [0.717, 1.165) is 6.42 Å². The molecule has 8 heteroatoms. The Morgan fingerprint density at radius 1 is 1.46 bits per heavy atom. The molecule has 0 amide bonds. The monoisotopic (exact) mass is 417 g/mol. The Kier molecular flexibility index (Phi) is 5.09. The Hall–Kier alpha value is -2.66. The van der Waals surface area contributed by atoms with Crippen molar-refractivity contribution in [2.24, 2.45) is 0 Å². The number of rotatable bonds is 5. The van der Waals surface area contributed by atoms with Gasteiger partial charge in [-0.15, -0.1) is 0 Å². The standard InChI is InChI=1S/C18H17BrFN5O/c1-3-4-12-8-16(26)25-18(23-12)14(9-21)17(24-25)22-10(2)13-6-5-11(19)7-15(13)20/h5-8,10,22,24H,3-4H2,1-2H3/t10-/m1/s1. The van der Waals surface area contributed by atoms with Gasteiger partial charge in [-0.25, -0.2) is 9.37 Å². The van der Waals surface area contributed by atoms with Crippen molar-refractivity contribution >= 4 is 27.4 Å². The minimum atomic E-state index is -0.422. The number of aromatic nitrogens is 3. The van der Waals surface area contributed by atoms with Crippen molar-refractivity contribution in [1.82, 2.24) is 14.6 Å². The molecule has 2 N–H and O–H groups in total. The highest BCUT2D eigenvalue weighted by molar-refractivity contribution is 9.10. The van der Waals surface area contributed by atoms with E-state index in [1.807, 2.05) is 6.92 Å². The van der Waals surface area contributed by atoms with Crippen LogP contribution in [0.4, 0.5) is 10.2 Å². The maximum atomic E-state index is 14.2. The van der Waals surface area contributed by atoms with Crippen LogP contribution < -0.4 is 10.9 Å². The minimum absolute atomic E-state index is 0.226. The number of fused-ring (bicyclic) bond motifs is 1. The number of nitrogens with one attached hydrogen (secondary N) is 2. The van der Waals surface area contributed by atoms with Crippen molar-refractivity contribution < 1.29 is 4.39 Å². The molecular weight excluding hydrogens is 401 g/mol. The first-order chi connectivity index (χ1) is 12.4. The lowest BCUT2D eigenvalue weighted by atomic mass is 10.1. The lowest BCUT2D eigenvalue weighted by Gasteiger charge is -2.15. The first-order valence-electron chi connectivity index (χ1n) is 8.20. The fraction of sp³-hybridized carbons (Fsp3) is 0.278. The van der Waals surface area contributed by atoms with Crippen LogP contribution in [-0.2, 0) is 6.42 Å². The SMILES string of the molecule is CCCc1cc(=O)n2[nH]c(N[C@H](C)c3ccc(Br)cc3F)c(C#N)c2n1.